The minimum absolute atomic E-state index is 0.124. The second-order valence-corrected chi connectivity index (χ2v) is 8.22. The van der Waals surface area contributed by atoms with Gasteiger partial charge in [-0.05, 0) is 25.0 Å². The number of nitrogens with zero attached hydrogens (tertiary/aromatic N) is 4. The van der Waals surface area contributed by atoms with Crippen molar-refractivity contribution in [3.05, 3.63) is 47.7 Å². The van der Waals surface area contributed by atoms with Gasteiger partial charge in [-0.25, -0.2) is 15.0 Å². The van der Waals surface area contributed by atoms with Crippen LogP contribution in [0.3, 0.4) is 0 Å². The van der Waals surface area contributed by atoms with Crippen LogP contribution in [-0.4, -0.2) is 26.6 Å². The van der Waals surface area contributed by atoms with Crippen molar-refractivity contribution in [1.82, 2.24) is 19.5 Å². The molecule has 6 heteroatoms. The molecule has 1 aliphatic rings. The van der Waals surface area contributed by atoms with Gasteiger partial charge in [-0.1, -0.05) is 32.9 Å². The highest BCUT2D eigenvalue weighted by molar-refractivity contribution is 5.76. The van der Waals surface area contributed by atoms with Crippen LogP contribution in [0.4, 0.5) is 5.82 Å². The van der Waals surface area contributed by atoms with Crippen molar-refractivity contribution in [2.45, 2.75) is 58.2 Å². The number of nitrogens with one attached hydrogen (secondary N) is 1. The van der Waals surface area contributed by atoms with Crippen molar-refractivity contribution >= 4 is 16.9 Å². The maximum absolute atomic E-state index is 5.28. The van der Waals surface area contributed by atoms with Crippen LogP contribution in [-0.2, 0) is 23.3 Å². The highest BCUT2D eigenvalue weighted by Crippen LogP contribution is 2.38. The van der Waals surface area contributed by atoms with Crippen molar-refractivity contribution in [3.8, 4) is 0 Å². The zero-order valence-electron chi connectivity index (χ0n) is 16.5. The van der Waals surface area contributed by atoms with Crippen LogP contribution in [0.1, 0.15) is 57.0 Å². The topological polar surface area (TPSA) is 64.9 Å². The van der Waals surface area contributed by atoms with E-state index in [0.717, 1.165) is 28.7 Å². The number of imidazole rings is 1. The number of ether oxygens (including phenoxy) is 1. The van der Waals surface area contributed by atoms with Gasteiger partial charge in [-0.2, -0.15) is 0 Å². The van der Waals surface area contributed by atoms with Crippen LogP contribution < -0.4 is 5.32 Å². The summed E-state index contributed by atoms with van der Waals surface area (Å²) in [7, 11) is 1.68. The van der Waals surface area contributed by atoms with Crippen molar-refractivity contribution in [2.75, 3.05) is 12.4 Å². The van der Waals surface area contributed by atoms with Crippen LogP contribution >= 0.6 is 0 Å². The molecule has 0 radical (unpaired) electrons. The standard InChI is InChI=1S/C21H27N5O/c1-21(2,3)20-23-14(13-27-4)11-18(25-20)22-12-19-24-16-7-5-6-8-17(16)26(19)15-9-10-15/h5-8,11,15H,9-10,12-13H2,1-4H3,(H,22,23,25). The van der Waals surface area contributed by atoms with E-state index in [-0.39, 0.29) is 5.41 Å². The Hall–Kier alpha value is -2.47. The van der Waals surface area contributed by atoms with Crippen molar-refractivity contribution in [2.24, 2.45) is 0 Å². The van der Waals surface area contributed by atoms with Crippen LogP contribution in [0.2, 0.25) is 0 Å². The monoisotopic (exact) mass is 365 g/mol. The van der Waals surface area contributed by atoms with Gasteiger partial charge in [0.15, 0.2) is 0 Å². The Morgan fingerprint density at radius 3 is 2.63 bits per heavy atom. The molecule has 0 amide bonds. The number of fused-ring (bicyclic) bond motifs is 1. The highest BCUT2D eigenvalue weighted by atomic mass is 16.5. The molecular weight excluding hydrogens is 338 g/mol. The van der Waals surface area contributed by atoms with Crippen molar-refractivity contribution < 1.29 is 4.74 Å². The van der Waals surface area contributed by atoms with Crippen molar-refractivity contribution in [3.63, 3.8) is 0 Å². The average molecular weight is 365 g/mol. The second-order valence-electron chi connectivity index (χ2n) is 8.22. The quantitative estimate of drug-likeness (QED) is 0.709. The normalized spacial score (nSPS) is 14.7. The molecule has 0 bridgehead atoms. The van der Waals surface area contributed by atoms with E-state index >= 15 is 0 Å². The molecule has 1 aromatic carbocycles. The first-order chi connectivity index (χ1) is 13.0. The Labute approximate surface area is 160 Å². The second kappa shape index (κ2) is 6.93. The molecule has 3 aromatic rings. The summed E-state index contributed by atoms with van der Waals surface area (Å²) in [5.41, 5.74) is 3.03. The SMILES string of the molecule is COCc1cc(NCc2nc3ccccc3n2C2CC2)nc(C(C)(C)C)n1. The van der Waals surface area contributed by atoms with E-state index in [1.807, 2.05) is 12.1 Å². The summed E-state index contributed by atoms with van der Waals surface area (Å²) in [6.45, 7) is 7.47. The number of para-hydroxylation sites is 2. The number of hydrogen-bond donors (Lipinski definition) is 1. The molecule has 6 nitrogen and oxygen atoms in total. The van der Waals surface area contributed by atoms with E-state index < -0.39 is 0 Å². The summed E-state index contributed by atoms with van der Waals surface area (Å²) in [6, 6.07) is 10.9. The molecule has 2 heterocycles. The third-order valence-electron chi connectivity index (χ3n) is 4.75. The Bertz CT molecular complexity index is 953. The molecule has 0 aliphatic heterocycles. The lowest BCUT2D eigenvalue weighted by atomic mass is 9.95. The average Bonchev–Trinajstić information content (AvgIpc) is 3.39. The highest BCUT2D eigenvalue weighted by Gasteiger charge is 2.28. The van der Waals surface area contributed by atoms with E-state index in [4.69, 9.17) is 14.7 Å². The van der Waals surface area contributed by atoms with Gasteiger partial charge in [0.1, 0.15) is 17.5 Å². The zero-order valence-corrected chi connectivity index (χ0v) is 16.5. The molecule has 1 saturated carbocycles. The Kier molecular flexibility index (Phi) is 4.60. The summed E-state index contributed by atoms with van der Waals surface area (Å²) in [4.78, 5) is 14.2. The lowest BCUT2D eigenvalue weighted by molar-refractivity contribution is 0.181. The number of benzene rings is 1. The number of aromatic nitrogens is 4. The van der Waals surface area contributed by atoms with Crippen LogP contribution in [0, 0.1) is 0 Å². The maximum Gasteiger partial charge on any atom is 0.136 e. The first-order valence-corrected chi connectivity index (χ1v) is 9.53. The summed E-state index contributed by atoms with van der Waals surface area (Å²) in [6.07, 6.45) is 2.46. The summed E-state index contributed by atoms with van der Waals surface area (Å²) < 4.78 is 7.66. The lowest BCUT2D eigenvalue weighted by Crippen LogP contribution is -2.19. The smallest absolute Gasteiger partial charge is 0.136 e. The van der Waals surface area contributed by atoms with Gasteiger partial charge in [-0.15, -0.1) is 0 Å². The minimum atomic E-state index is -0.124. The predicted molar refractivity (Wildman–Crippen MR) is 107 cm³/mol. The zero-order chi connectivity index (χ0) is 19.0. The molecule has 0 unspecified atom stereocenters. The third kappa shape index (κ3) is 3.81. The van der Waals surface area contributed by atoms with Crippen LogP contribution in [0.25, 0.3) is 11.0 Å². The molecule has 1 fully saturated rings. The van der Waals surface area contributed by atoms with Crippen molar-refractivity contribution in [1.29, 1.82) is 0 Å². The molecule has 1 aliphatic carbocycles. The first kappa shape index (κ1) is 17.9. The van der Waals surface area contributed by atoms with Gasteiger partial charge in [0, 0.05) is 24.6 Å². The van der Waals surface area contributed by atoms with E-state index in [1.54, 1.807) is 7.11 Å². The first-order valence-electron chi connectivity index (χ1n) is 9.53. The van der Waals surface area contributed by atoms with Gasteiger partial charge in [0.05, 0.1) is 29.9 Å². The van der Waals surface area contributed by atoms with Crippen LogP contribution in [0.5, 0.6) is 0 Å². The lowest BCUT2D eigenvalue weighted by Gasteiger charge is -2.19. The van der Waals surface area contributed by atoms with Gasteiger partial charge >= 0.3 is 0 Å². The molecule has 0 saturated heterocycles. The minimum Gasteiger partial charge on any atom is -0.378 e. The predicted octanol–water partition coefficient (Wildman–Crippen LogP) is 4.22. The molecule has 0 atom stereocenters. The Morgan fingerprint density at radius 1 is 1.15 bits per heavy atom. The molecule has 27 heavy (non-hydrogen) atoms. The van der Waals surface area contributed by atoms with Gasteiger partial charge in [-0.3, -0.25) is 0 Å². The molecule has 0 spiro atoms. The van der Waals surface area contributed by atoms with Gasteiger partial charge < -0.3 is 14.6 Å². The maximum atomic E-state index is 5.28. The fourth-order valence-corrected chi connectivity index (χ4v) is 3.27. The number of anilines is 1. The fourth-order valence-electron chi connectivity index (χ4n) is 3.27. The number of rotatable bonds is 6. The third-order valence-corrected chi connectivity index (χ3v) is 4.75. The molecule has 142 valence electrons. The molecule has 1 N–H and O–H groups in total. The van der Waals surface area contributed by atoms with E-state index in [0.29, 0.717) is 19.2 Å². The van der Waals surface area contributed by atoms with E-state index in [1.165, 1.54) is 18.4 Å². The Balaban J connectivity index is 1.63. The largest absolute Gasteiger partial charge is 0.378 e. The fraction of sp³-hybridized carbons (Fsp3) is 0.476. The molecule has 4 rings (SSSR count). The molecule has 2 aromatic heterocycles. The Morgan fingerprint density at radius 2 is 1.93 bits per heavy atom. The summed E-state index contributed by atoms with van der Waals surface area (Å²) in [5.74, 6) is 2.69. The summed E-state index contributed by atoms with van der Waals surface area (Å²) >= 11 is 0. The van der Waals surface area contributed by atoms with E-state index in [2.05, 4.69) is 53.8 Å². The molecular formula is C21H27N5O. The summed E-state index contributed by atoms with van der Waals surface area (Å²) in [5, 5.41) is 3.47. The van der Waals surface area contributed by atoms with Gasteiger partial charge in [0.25, 0.3) is 0 Å². The van der Waals surface area contributed by atoms with E-state index in [9.17, 15) is 0 Å². The number of hydrogen-bond acceptors (Lipinski definition) is 5. The van der Waals surface area contributed by atoms with Gasteiger partial charge in [0.2, 0.25) is 0 Å². The van der Waals surface area contributed by atoms with Crippen LogP contribution in [0.15, 0.2) is 30.3 Å². The number of methoxy groups -OCH3 is 1.